The van der Waals surface area contributed by atoms with Crippen molar-refractivity contribution in [2.75, 3.05) is 5.32 Å². The van der Waals surface area contributed by atoms with Crippen LogP contribution in [-0.4, -0.2) is 16.1 Å². The summed E-state index contributed by atoms with van der Waals surface area (Å²) >= 11 is 1.49. The fourth-order valence-corrected chi connectivity index (χ4v) is 4.32. The van der Waals surface area contributed by atoms with Crippen LogP contribution in [0.4, 0.5) is 5.13 Å². The van der Waals surface area contributed by atoms with Gasteiger partial charge in [0.1, 0.15) is 5.01 Å². The number of hydrogen-bond donors (Lipinski definition) is 1. The maximum absolute atomic E-state index is 12.1. The molecule has 5 heteroatoms. The minimum atomic E-state index is 0.115. The van der Waals surface area contributed by atoms with Gasteiger partial charge in [0.05, 0.1) is 0 Å². The second-order valence-corrected chi connectivity index (χ2v) is 7.30. The molecule has 1 heterocycles. The van der Waals surface area contributed by atoms with E-state index in [1.807, 2.05) is 0 Å². The van der Waals surface area contributed by atoms with Crippen LogP contribution in [0.1, 0.15) is 56.9 Å². The molecule has 3 atom stereocenters. The van der Waals surface area contributed by atoms with Gasteiger partial charge >= 0.3 is 0 Å². The van der Waals surface area contributed by atoms with Gasteiger partial charge < -0.3 is 5.32 Å². The van der Waals surface area contributed by atoms with Gasteiger partial charge in [-0.3, -0.25) is 4.79 Å². The van der Waals surface area contributed by atoms with Crippen LogP contribution in [0.3, 0.4) is 0 Å². The first-order chi connectivity index (χ1) is 9.11. The summed E-state index contributed by atoms with van der Waals surface area (Å²) in [6.45, 7) is 4.17. The molecule has 0 unspecified atom stereocenters. The third kappa shape index (κ3) is 2.81. The number of rotatable bonds is 4. The Labute approximate surface area is 118 Å². The predicted octanol–water partition coefficient (Wildman–Crippen LogP) is 3.43. The molecular weight excluding hydrogens is 258 g/mol. The van der Waals surface area contributed by atoms with Crippen LogP contribution in [0, 0.1) is 17.8 Å². The largest absolute Gasteiger partial charge is 0.301 e. The first-order valence-electron chi connectivity index (χ1n) is 7.25. The summed E-state index contributed by atoms with van der Waals surface area (Å²) in [6.07, 6.45) is 5.99. The molecule has 0 radical (unpaired) electrons. The van der Waals surface area contributed by atoms with Gasteiger partial charge in [0.25, 0.3) is 0 Å². The minimum absolute atomic E-state index is 0.115. The van der Waals surface area contributed by atoms with E-state index in [4.69, 9.17) is 0 Å². The molecule has 0 aromatic carbocycles. The number of carbonyl (C=O) groups excluding carboxylic acids is 1. The Morgan fingerprint density at radius 3 is 2.79 bits per heavy atom. The molecule has 0 aliphatic heterocycles. The normalized spacial score (nSPS) is 29.1. The Balaban J connectivity index is 1.53. The van der Waals surface area contributed by atoms with E-state index in [2.05, 4.69) is 29.4 Å². The van der Waals surface area contributed by atoms with Gasteiger partial charge in [0.15, 0.2) is 0 Å². The average molecular weight is 279 g/mol. The SMILES string of the molecule is CC(C)c1nnc(NC(=O)C[C@H]2C[C@@H]3CC[C@@H]2C3)s1. The number of hydrogen-bond acceptors (Lipinski definition) is 4. The van der Waals surface area contributed by atoms with Crippen LogP contribution in [0.5, 0.6) is 0 Å². The third-order valence-electron chi connectivity index (χ3n) is 4.51. The standard InChI is InChI=1S/C14H21N3OS/c1-8(2)13-16-17-14(19-13)15-12(18)7-11-6-9-3-4-10(11)5-9/h8-11H,3-7H2,1-2H3,(H,15,17,18)/t9-,10-,11-/m1/s1. The van der Waals surface area contributed by atoms with Crippen molar-refractivity contribution in [2.45, 2.75) is 51.9 Å². The summed E-state index contributed by atoms with van der Waals surface area (Å²) in [5, 5.41) is 12.7. The zero-order valence-electron chi connectivity index (χ0n) is 11.6. The van der Waals surface area contributed by atoms with Gasteiger partial charge in [-0.05, 0) is 37.0 Å². The van der Waals surface area contributed by atoms with E-state index in [9.17, 15) is 4.79 Å². The molecule has 3 rings (SSSR count). The number of fused-ring (bicyclic) bond motifs is 2. The number of anilines is 1. The molecule has 2 saturated carbocycles. The molecule has 1 aromatic rings. The second kappa shape index (κ2) is 5.19. The highest BCUT2D eigenvalue weighted by molar-refractivity contribution is 7.15. The van der Waals surface area contributed by atoms with Gasteiger partial charge in [0.2, 0.25) is 11.0 Å². The van der Waals surface area contributed by atoms with Crippen molar-refractivity contribution in [1.82, 2.24) is 10.2 Å². The van der Waals surface area contributed by atoms with E-state index in [1.165, 1.54) is 37.0 Å². The Bertz CT molecular complexity index is 471. The van der Waals surface area contributed by atoms with Crippen LogP contribution in [0.2, 0.25) is 0 Å². The number of nitrogens with zero attached hydrogens (tertiary/aromatic N) is 2. The van der Waals surface area contributed by atoms with Crippen LogP contribution in [0.25, 0.3) is 0 Å². The number of amides is 1. The average Bonchev–Trinajstić information content (AvgIpc) is 3.03. The van der Waals surface area contributed by atoms with Gasteiger partial charge in [-0.2, -0.15) is 0 Å². The van der Waals surface area contributed by atoms with Gasteiger partial charge in [0, 0.05) is 12.3 Å². The molecule has 104 valence electrons. The Morgan fingerprint density at radius 1 is 1.37 bits per heavy atom. The lowest BCUT2D eigenvalue weighted by Gasteiger charge is -2.20. The summed E-state index contributed by atoms with van der Waals surface area (Å²) in [4.78, 5) is 12.1. The van der Waals surface area contributed by atoms with Crippen molar-refractivity contribution >= 4 is 22.4 Å². The highest BCUT2D eigenvalue weighted by Crippen LogP contribution is 2.49. The number of nitrogens with one attached hydrogen (secondary N) is 1. The maximum Gasteiger partial charge on any atom is 0.226 e. The van der Waals surface area contributed by atoms with E-state index >= 15 is 0 Å². The molecule has 1 aromatic heterocycles. The molecular formula is C14H21N3OS. The summed E-state index contributed by atoms with van der Waals surface area (Å²) in [5.74, 6) is 2.79. The molecule has 2 fully saturated rings. The van der Waals surface area contributed by atoms with Gasteiger partial charge in [-0.15, -0.1) is 10.2 Å². The van der Waals surface area contributed by atoms with Crippen molar-refractivity contribution in [3.05, 3.63) is 5.01 Å². The molecule has 2 aliphatic rings. The van der Waals surface area contributed by atoms with E-state index in [1.54, 1.807) is 0 Å². The van der Waals surface area contributed by atoms with Gasteiger partial charge in [-0.1, -0.05) is 31.6 Å². The van der Waals surface area contributed by atoms with Crippen molar-refractivity contribution in [3.8, 4) is 0 Å². The lowest BCUT2D eigenvalue weighted by atomic mass is 9.86. The fourth-order valence-electron chi connectivity index (χ4n) is 3.55. The first-order valence-corrected chi connectivity index (χ1v) is 8.06. The molecule has 1 N–H and O–H groups in total. The molecule has 19 heavy (non-hydrogen) atoms. The maximum atomic E-state index is 12.1. The summed E-state index contributed by atoms with van der Waals surface area (Å²) in [6, 6.07) is 0. The van der Waals surface area contributed by atoms with E-state index in [-0.39, 0.29) is 5.91 Å². The van der Waals surface area contributed by atoms with Crippen molar-refractivity contribution in [1.29, 1.82) is 0 Å². The topological polar surface area (TPSA) is 54.9 Å². The molecule has 2 bridgehead atoms. The zero-order chi connectivity index (χ0) is 13.4. The first kappa shape index (κ1) is 13.0. The summed E-state index contributed by atoms with van der Waals surface area (Å²) in [5.41, 5.74) is 0. The van der Waals surface area contributed by atoms with E-state index < -0.39 is 0 Å². The number of carbonyl (C=O) groups is 1. The third-order valence-corrected chi connectivity index (χ3v) is 5.65. The van der Waals surface area contributed by atoms with Crippen molar-refractivity contribution < 1.29 is 4.79 Å². The molecule has 1 amide bonds. The quantitative estimate of drug-likeness (QED) is 0.918. The van der Waals surface area contributed by atoms with Crippen LogP contribution >= 0.6 is 11.3 Å². The monoisotopic (exact) mass is 279 g/mol. The Kier molecular flexibility index (Phi) is 3.56. The molecule has 2 aliphatic carbocycles. The van der Waals surface area contributed by atoms with E-state index in [0.717, 1.165) is 16.8 Å². The lowest BCUT2D eigenvalue weighted by molar-refractivity contribution is -0.117. The minimum Gasteiger partial charge on any atom is -0.301 e. The molecule has 0 spiro atoms. The lowest BCUT2D eigenvalue weighted by Crippen LogP contribution is -2.20. The fraction of sp³-hybridized carbons (Fsp3) is 0.786. The second-order valence-electron chi connectivity index (χ2n) is 6.29. The predicted molar refractivity (Wildman–Crippen MR) is 76.2 cm³/mol. The molecule has 4 nitrogen and oxygen atoms in total. The van der Waals surface area contributed by atoms with Crippen molar-refractivity contribution in [3.63, 3.8) is 0 Å². The number of aromatic nitrogens is 2. The highest BCUT2D eigenvalue weighted by atomic mass is 32.1. The summed E-state index contributed by atoms with van der Waals surface area (Å²) < 4.78 is 0. The Hall–Kier alpha value is -0.970. The zero-order valence-corrected chi connectivity index (χ0v) is 12.4. The van der Waals surface area contributed by atoms with Crippen LogP contribution in [0.15, 0.2) is 0 Å². The van der Waals surface area contributed by atoms with Crippen molar-refractivity contribution in [2.24, 2.45) is 17.8 Å². The smallest absolute Gasteiger partial charge is 0.226 e. The van der Waals surface area contributed by atoms with Crippen LogP contribution in [-0.2, 0) is 4.79 Å². The van der Waals surface area contributed by atoms with E-state index in [0.29, 0.717) is 23.4 Å². The molecule has 0 saturated heterocycles. The Morgan fingerprint density at radius 2 is 2.21 bits per heavy atom. The highest BCUT2D eigenvalue weighted by Gasteiger charge is 2.40. The summed E-state index contributed by atoms with van der Waals surface area (Å²) in [7, 11) is 0. The van der Waals surface area contributed by atoms with Gasteiger partial charge in [-0.25, -0.2) is 0 Å². The van der Waals surface area contributed by atoms with Crippen LogP contribution < -0.4 is 5.32 Å².